The van der Waals surface area contributed by atoms with Crippen LogP contribution in [0.5, 0.6) is 0 Å². The quantitative estimate of drug-likeness (QED) is 0.326. The van der Waals surface area contributed by atoms with Crippen LogP contribution in [0.4, 0.5) is 0 Å². The lowest BCUT2D eigenvalue weighted by atomic mass is 10.4. The summed E-state index contributed by atoms with van der Waals surface area (Å²) in [4.78, 5) is 3.58. The molecule has 0 aromatic rings. The molecule has 4 nitrogen and oxygen atoms in total. The van der Waals surface area contributed by atoms with Crippen molar-refractivity contribution in [3.63, 3.8) is 0 Å². The maximum Gasteiger partial charge on any atom is 0.103 e. The largest absolute Gasteiger partial charge is 0.390 e. The van der Waals surface area contributed by atoms with Gasteiger partial charge in [0.05, 0.1) is 6.61 Å². The van der Waals surface area contributed by atoms with Crippen molar-refractivity contribution in [1.82, 2.24) is 0 Å². The highest BCUT2D eigenvalue weighted by Gasteiger charge is 1.85. The van der Waals surface area contributed by atoms with Crippen LogP contribution in [-0.2, 0) is 0 Å². The summed E-state index contributed by atoms with van der Waals surface area (Å²) in [6.07, 6.45) is 1.40. The van der Waals surface area contributed by atoms with Gasteiger partial charge in [0, 0.05) is 13.3 Å². The van der Waals surface area contributed by atoms with Crippen LogP contribution in [0.3, 0.4) is 0 Å². The zero-order valence-corrected chi connectivity index (χ0v) is 6.70. The summed E-state index contributed by atoms with van der Waals surface area (Å²) >= 11 is 0. The van der Waals surface area contributed by atoms with E-state index in [9.17, 15) is 0 Å². The predicted octanol–water partition coefficient (Wildman–Crippen LogP) is 0.0202. The molecule has 0 unspecified atom stereocenters. The third-order valence-electron chi connectivity index (χ3n) is 0.606. The van der Waals surface area contributed by atoms with Gasteiger partial charge >= 0.3 is 0 Å². The van der Waals surface area contributed by atoms with E-state index in [0.717, 1.165) is 0 Å². The van der Waals surface area contributed by atoms with E-state index < -0.39 is 0 Å². The second-order valence-corrected chi connectivity index (χ2v) is 1.17. The van der Waals surface area contributed by atoms with Crippen LogP contribution >= 0.6 is 0 Å². The smallest absolute Gasteiger partial charge is 0.103 e. The Morgan fingerprint density at radius 3 is 2.20 bits per heavy atom. The average Bonchev–Trinajstić information content (AvgIpc) is 2.04. The number of nitrogens with zero attached hydrogens (tertiary/aromatic N) is 2. The maximum atomic E-state index is 8.36. The van der Waals surface area contributed by atoms with Gasteiger partial charge in [-0.3, -0.25) is 4.99 Å². The minimum absolute atomic E-state index is 0.159. The second kappa shape index (κ2) is 11.0. The van der Waals surface area contributed by atoms with Crippen molar-refractivity contribution in [1.29, 1.82) is 0 Å². The number of hydrogen-bond acceptors (Lipinski definition) is 4. The van der Waals surface area contributed by atoms with Crippen LogP contribution < -0.4 is 5.84 Å². The molecule has 0 aliphatic carbocycles. The molecule has 4 heteroatoms. The van der Waals surface area contributed by atoms with Crippen molar-refractivity contribution < 1.29 is 5.11 Å². The van der Waals surface area contributed by atoms with E-state index in [2.05, 4.69) is 10.1 Å². The van der Waals surface area contributed by atoms with E-state index in [1.807, 2.05) is 13.8 Å². The second-order valence-electron chi connectivity index (χ2n) is 1.17. The van der Waals surface area contributed by atoms with Gasteiger partial charge in [-0.2, -0.15) is 5.10 Å². The van der Waals surface area contributed by atoms with E-state index in [0.29, 0.717) is 5.71 Å². The zero-order chi connectivity index (χ0) is 8.41. The lowest BCUT2D eigenvalue weighted by molar-refractivity contribution is 0.359. The Balaban J connectivity index is 0. The van der Waals surface area contributed by atoms with Gasteiger partial charge in [-0.05, 0) is 0 Å². The first-order valence-corrected chi connectivity index (χ1v) is 3.15. The molecule has 10 heavy (non-hydrogen) atoms. The van der Waals surface area contributed by atoms with Gasteiger partial charge in [0.25, 0.3) is 0 Å². The van der Waals surface area contributed by atoms with Gasteiger partial charge in [0.15, 0.2) is 0 Å². The molecule has 0 aliphatic heterocycles. The van der Waals surface area contributed by atoms with Gasteiger partial charge in [0.2, 0.25) is 0 Å². The Bertz CT molecular complexity index is 107. The zero-order valence-electron chi connectivity index (χ0n) is 6.70. The monoisotopic (exact) mass is 145 g/mol. The molecule has 0 aliphatic rings. The molecule has 0 heterocycles. The van der Waals surface area contributed by atoms with Crippen molar-refractivity contribution in [2.45, 2.75) is 13.8 Å². The van der Waals surface area contributed by atoms with Crippen LogP contribution in [0.1, 0.15) is 13.8 Å². The molecule has 0 aromatic carbocycles. The molecule has 3 N–H and O–H groups in total. The van der Waals surface area contributed by atoms with Crippen LogP contribution in [0.15, 0.2) is 10.1 Å². The topological polar surface area (TPSA) is 71.0 Å². The SMILES string of the molecule is CC.CN=C/C(CO)=N\N. The Morgan fingerprint density at radius 2 is 2.10 bits per heavy atom. The molecule has 0 rings (SSSR count). The van der Waals surface area contributed by atoms with E-state index in [1.165, 1.54) is 6.21 Å². The third-order valence-corrected chi connectivity index (χ3v) is 0.606. The molecular formula is C6H15N3O. The van der Waals surface area contributed by atoms with Gasteiger partial charge < -0.3 is 10.9 Å². The lowest BCUT2D eigenvalue weighted by Gasteiger charge is -1.86. The van der Waals surface area contributed by atoms with Crippen LogP contribution in [0.25, 0.3) is 0 Å². The summed E-state index contributed by atoms with van der Waals surface area (Å²) in [6.45, 7) is 3.84. The molecule has 0 fully saturated rings. The highest BCUT2D eigenvalue weighted by Crippen LogP contribution is 1.65. The Kier molecular flexibility index (Phi) is 13.0. The Labute approximate surface area is 61.5 Å². The standard InChI is InChI=1S/C4H9N3O.C2H6/c1-6-2-4(3-8)7-5;1-2/h2,8H,3,5H2,1H3;1-2H3/b6-2?,7-4+;. The van der Waals surface area contributed by atoms with E-state index in [4.69, 9.17) is 10.9 Å². The van der Waals surface area contributed by atoms with Crippen molar-refractivity contribution in [3.05, 3.63) is 0 Å². The summed E-state index contributed by atoms with van der Waals surface area (Å²) in [5.41, 5.74) is 0.382. The average molecular weight is 145 g/mol. The molecule has 0 saturated carbocycles. The highest BCUT2D eigenvalue weighted by molar-refractivity contribution is 6.31. The normalized spacial score (nSPS) is 11.0. The molecule has 0 spiro atoms. The molecule has 0 radical (unpaired) electrons. The van der Waals surface area contributed by atoms with Crippen LogP contribution in [0.2, 0.25) is 0 Å². The fourth-order valence-corrected chi connectivity index (χ4v) is 0.264. The summed E-state index contributed by atoms with van der Waals surface area (Å²) < 4.78 is 0. The third kappa shape index (κ3) is 7.10. The lowest BCUT2D eigenvalue weighted by Crippen LogP contribution is -2.08. The van der Waals surface area contributed by atoms with Gasteiger partial charge in [-0.25, -0.2) is 0 Å². The molecule has 0 bridgehead atoms. The van der Waals surface area contributed by atoms with E-state index in [-0.39, 0.29) is 6.61 Å². The summed E-state index contributed by atoms with van der Waals surface area (Å²) in [5, 5.41) is 11.6. The van der Waals surface area contributed by atoms with Crippen LogP contribution in [-0.4, -0.2) is 30.7 Å². The summed E-state index contributed by atoms with van der Waals surface area (Å²) in [5.74, 6) is 4.81. The number of nitrogens with two attached hydrogens (primary N) is 1. The van der Waals surface area contributed by atoms with Crippen molar-refractivity contribution >= 4 is 11.9 Å². The van der Waals surface area contributed by atoms with Crippen molar-refractivity contribution in [2.24, 2.45) is 15.9 Å². The molecule has 0 amide bonds. The van der Waals surface area contributed by atoms with Gasteiger partial charge in [-0.15, -0.1) is 0 Å². The van der Waals surface area contributed by atoms with Crippen LogP contribution in [0, 0.1) is 0 Å². The van der Waals surface area contributed by atoms with E-state index >= 15 is 0 Å². The molecule has 0 atom stereocenters. The molecule has 0 aromatic heterocycles. The van der Waals surface area contributed by atoms with E-state index in [1.54, 1.807) is 7.05 Å². The number of hydrogen-bond donors (Lipinski definition) is 2. The number of aliphatic hydroxyl groups is 1. The van der Waals surface area contributed by atoms with Gasteiger partial charge in [-0.1, -0.05) is 13.8 Å². The number of rotatable bonds is 2. The molecule has 60 valence electrons. The minimum atomic E-state index is -0.159. The first-order valence-electron chi connectivity index (χ1n) is 3.15. The molecular weight excluding hydrogens is 130 g/mol. The van der Waals surface area contributed by atoms with Crippen molar-refractivity contribution in [3.8, 4) is 0 Å². The highest BCUT2D eigenvalue weighted by atomic mass is 16.3. The number of hydrazone groups is 1. The molecule has 0 saturated heterocycles. The summed E-state index contributed by atoms with van der Waals surface area (Å²) in [6, 6.07) is 0. The maximum absolute atomic E-state index is 8.36. The number of aliphatic imine (C=N–C) groups is 1. The minimum Gasteiger partial charge on any atom is -0.390 e. The predicted molar refractivity (Wildman–Crippen MR) is 44.5 cm³/mol. The first-order chi connectivity index (χ1) is 4.85. The Hall–Kier alpha value is -0.900. The number of aliphatic hydroxyl groups excluding tert-OH is 1. The first kappa shape index (κ1) is 11.8. The fourth-order valence-electron chi connectivity index (χ4n) is 0.264. The summed E-state index contributed by atoms with van der Waals surface area (Å²) in [7, 11) is 1.58. The Morgan fingerprint density at radius 1 is 1.60 bits per heavy atom. The van der Waals surface area contributed by atoms with Crippen molar-refractivity contribution in [2.75, 3.05) is 13.7 Å². The van der Waals surface area contributed by atoms with Gasteiger partial charge in [0.1, 0.15) is 5.71 Å². The fraction of sp³-hybridized carbons (Fsp3) is 0.667.